The molecule has 2 heterocycles. The fourth-order valence-electron chi connectivity index (χ4n) is 3.87. The molecule has 2 fully saturated rings. The van der Waals surface area contributed by atoms with Crippen LogP contribution in [0, 0.1) is 5.82 Å². The van der Waals surface area contributed by atoms with Gasteiger partial charge in [-0.2, -0.15) is 0 Å². The molecule has 7 heteroatoms. The lowest BCUT2D eigenvalue weighted by Gasteiger charge is -2.44. The van der Waals surface area contributed by atoms with Gasteiger partial charge in [0, 0.05) is 24.3 Å². The van der Waals surface area contributed by atoms with Gasteiger partial charge in [0.25, 0.3) is 5.91 Å². The van der Waals surface area contributed by atoms with Gasteiger partial charge < -0.3 is 9.64 Å². The molecule has 0 unspecified atom stereocenters. The summed E-state index contributed by atoms with van der Waals surface area (Å²) in [4.78, 5) is 28.7. The summed E-state index contributed by atoms with van der Waals surface area (Å²) in [6, 6.07) is 13.1. The van der Waals surface area contributed by atoms with Crippen LogP contribution in [0.4, 0.5) is 10.1 Å². The summed E-state index contributed by atoms with van der Waals surface area (Å²) in [5, 5.41) is 0. The van der Waals surface area contributed by atoms with E-state index in [1.54, 1.807) is 23.8 Å². The Balaban J connectivity index is 1.50. The van der Waals surface area contributed by atoms with E-state index in [0.717, 1.165) is 11.4 Å². The van der Waals surface area contributed by atoms with Crippen LogP contribution in [-0.4, -0.2) is 47.5 Å². The maximum Gasteiger partial charge on any atom is 0.253 e. The van der Waals surface area contributed by atoms with Gasteiger partial charge in [-0.3, -0.25) is 14.5 Å². The Morgan fingerprint density at radius 2 is 1.71 bits per heavy atom. The van der Waals surface area contributed by atoms with Crippen molar-refractivity contribution in [2.75, 3.05) is 30.9 Å². The second-order valence-electron chi connectivity index (χ2n) is 6.96. The van der Waals surface area contributed by atoms with Crippen molar-refractivity contribution in [3.63, 3.8) is 0 Å². The molecule has 2 amide bonds. The minimum atomic E-state index is -0.356. The second kappa shape index (κ2) is 7.47. The molecule has 0 aromatic heterocycles. The van der Waals surface area contributed by atoms with Crippen molar-refractivity contribution < 1.29 is 18.7 Å². The van der Waals surface area contributed by atoms with Crippen LogP contribution < -0.4 is 9.64 Å². The Bertz CT molecular complexity index is 878. The van der Waals surface area contributed by atoms with Crippen molar-refractivity contribution >= 4 is 29.3 Å². The summed E-state index contributed by atoms with van der Waals surface area (Å²) in [5.41, 5.74) is 1.34. The third-order valence-electron chi connectivity index (χ3n) is 5.37. The van der Waals surface area contributed by atoms with Gasteiger partial charge in [-0.1, -0.05) is 0 Å². The normalized spacial score (nSPS) is 18.6. The zero-order valence-corrected chi connectivity index (χ0v) is 16.4. The van der Waals surface area contributed by atoms with Crippen molar-refractivity contribution in [3.05, 3.63) is 59.9 Å². The Hall–Kier alpha value is -2.54. The van der Waals surface area contributed by atoms with Crippen LogP contribution in [0.5, 0.6) is 5.75 Å². The highest BCUT2D eigenvalue weighted by Gasteiger charge is 2.49. The average molecular weight is 400 g/mol. The summed E-state index contributed by atoms with van der Waals surface area (Å²) in [5.74, 6) is 0.827. The zero-order chi connectivity index (χ0) is 19.7. The number of thioether (sulfide) groups is 1. The first-order valence-electron chi connectivity index (χ1n) is 9.18. The molecule has 2 aromatic carbocycles. The van der Waals surface area contributed by atoms with Crippen molar-refractivity contribution in [1.82, 2.24) is 4.90 Å². The fraction of sp³-hybridized carbons (Fsp3) is 0.333. The molecule has 5 nitrogen and oxygen atoms in total. The molecule has 146 valence electrons. The van der Waals surface area contributed by atoms with Crippen LogP contribution in [0.2, 0.25) is 0 Å². The van der Waals surface area contributed by atoms with Crippen LogP contribution >= 0.6 is 11.8 Å². The molecule has 1 spiro atoms. The minimum absolute atomic E-state index is 0.0912. The number of ether oxygens (including phenoxy) is 1. The van der Waals surface area contributed by atoms with Gasteiger partial charge in [0.2, 0.25) is 5.91 Å². The van der Waals surface area contributed by atoms with Crippen molar-refractivity contribution in [3.8, 4) is 5.75 Å². The van der Waals surface area contributed by atoms with Gasteiger partial charge in [0.05, 0.1) is 17.7 Å². The monoisotopic (exact) mass is 400 g/mol. The molecule has 2 aromatic rings. The minimum Gasteiger partial charge on any atom is -0.497 e. The molecule has 4 rings (SSSR count). The maximum atomic E-state index is 13.1. The third kappa shape index (κ3) is 3.35. The Morgan fingerprint density at radius 3 is 2.32 bits per heavy atom. The molecule has 0 atom stereocenters. The predicted octanol–water partition coefficient (Wildman–Crippen LogP) is 3.55. The highest BCUT2D eigenvalue weighted by molar-refractivity contribution is 8.02. The molecule has 2 aliphatic rings. The lowest BCUT2D eigenvalue weighted by molar-refractivity contribution is -0.116. The number of likely N-dealkylation sites (tertiary alicyclic amines) is 1. The van der Waals surface area contributed by atoms with Crippen LogP contribution in [-0.2, 0) is 4.79 Å². The first kappa shape index (κ1) is 18.8. The molecule has 28 heavy (non-hydrogen) atoms. The van der Waals surface area contributed by atoms with E-state index < -0.39 is 0 Å². The topological polar surface area (TPSA) is 49.9 Å². The number of halogens is 1. The Labute approximate surface area is 167 Å². The van der Waals surface area contributed by atoms with E-state index in [4.69, 9.17) is 4.74 Å². The van der Waals surface area contributed by atoms with E-state index >= 15 is 0 Å². The standard InChI is InChI=1S/C21H21FN2O3S/c1-27-18-8-6-17(7-9-18)24-19(25)14-28-21(24)10-12-23(13-11-21)20(26)15-2-4-16(22)5-3-15/h2-9H,10-14H2,1H3. The van der Waals surface area contributed by atoms with Crippen LogP contribution in [0.1, 0.15) is 23.2 Å². The number of hydrogen-bond acceptors (Lipinski definition) is 4. The number of piperidine rings is 1. The highest BCUT2D eigenvalue weighted by atomic mass is 32.2. The number of methoxy groups -OCH3 is 1. The first-order valence-corrected chi connectivity index (χ1v) is 10.2. The van der Waals surface area contributed by atoms with Gasteiger partial charge >= 0.3 is 0 Å². The molecule has 0 N–H and O–H groups in total. The predicted molar refractivity (Wildman–Crippen MR) is 107 cm³/mol. The van der Waals surface area contributed by atoms with E-state index in [2.05, 4.69) is 0 Å². The second-order valence-corrected chi connectivity index (χ2v) is 8.30. The van der Waals surface area contributed by atoms with Crippen LogP contribution in [0.15, 0.2) is 48.5 Å². The van der Waals surface area contributed by atoms with Gasteiger partial charge in [-0.05, 0) is 61.4 Å². The molecule has 0 saturated carbocycles. The zero-order valence-electron chi connectivity index (χ0n) is 15.6. The number of carbonyl (C=O) groups is 2. The van der Waals surface area contributed by atoms with Crippen LogP contribution in [0.25, 0.3) is 0 Å². The SMILES string of the molecule is COc1ccc(N2C(=O)CSC23CCN(C(=O)c2ccc(F)cc2)CC3)cc1. The highest BCUT2D eigenvalue weighted by Crippen LogP contribution is 2.47. The maximum absolute atomic E-state index is 13.1. The van der Waals surface area contributed by atoms with E-state index in [-0.39, 0.29) is 22.5 Å². The number of amides is 2. The molecule has 0 radical (unpaired) electrons. The molecular weight excluding hydrogens is 379 g/mol. The Kier molecular flexibility index (Phi) is 5.02. The quantitative estimate of drug-likeness (QED) is 0.791. The van der Waals surface area contributed by atoms with Crippen molar-refractivity contribution in [2.45, 2.75) is 17.7 Å². The van der Waals surface area contributed by atoms with Crippen molar-refractivity contribution in [1.29, 1.82) is 0 Å². The molecule has 0 bridgehead atoms. The number of anilines is 1. The number of benzene rings is 2. The van der Waals surface area contributed by atoms with Gasteiger partial charge in [0.15, 0.2) is 0 Å². The number of nitrogens with zero attached hydrogens (tertiary/aromatic N) is 2. The summed E-state index contributed by atoms with van der Waals surface area (Å²) in [7, 11) is 1.61. The van der Waals surface area contributed by atoms with Crippen LogP contribution in [0.3, 0.4) is 0 Å². The number of hydrogen-bond donors (Lipinski definition) is 0. The molecule has 0 aliphatic carbocycles. The lowest BCUT2D eigenvalue weighted by Crippen LogP contribution is -2.53. The van der Waals surface area contributed by atoms with E-state index in [0.29, 0.717) is 37.2 Å². The van der Waals surface area contributed by atoms with Gasteiger partial charge in [-0.15, -0.1) is 11.8 Å². The summed E-state index contributed by atoms with van der Waals surface area (Å²) < 4.78 is 18.3. The van der Waals surface area contributed by atoms with E-state index in [1.807, 2.05) is 29.2 Å². The van der Waals surface area contributed by atoms with E-state index in [9.17, 15) is 14.0 Å². The Morgan fingerprint density at radius 1 is 1.07 bits per heavy atom. The fourth-order valence-corrected chi connectivity index (χ4v) is 5.19. The molecule has 2 saturated heterocycles. The lowest BCUT2D eigenvalue weighted by atomic mass is 10.00. The van der Waals surface area contributed by atoms with E-state index in [1.165, 1.54) is 24.3 Å². The first-order chi connectivity index (χ1) is 13.5. The van der Waals surface area contributed by atoms with Crippen molar-refractivity contribution in [2.24, 2.45) is 0 Å². The summed E-state index contributed by atoms with van der Waals surface area (Å²) >= 11 is 1.66. The summed E-state index contributed by atoms with van der Waals surface area (Å²) in [6.45, 7) is 1.12. The summed E-state index contributed by atoms with van der Waals surface area (Å²) in [6.07, 6.45) is 1.39. The average Bonchev–Trinajstić information content (AvgIpc) is 3.04. The van der Waals surface area contributed by atoms with Gasteiger partial charge in [0.1, 0.15) is 11.6 Å². The van der Waals surface area contributed by atoms with Gasteiger partial charge in [-0.25, -0.2) is 4.39 Å². The number of rotatable bonds is 3. The largest absolute Gasteiger partial charge is 0.497 e. The molecule has 2 aliphatic heterocycles. The third-order valence-corrected chi connectivity index (χ3v) is 6.89. The smallest absolute Gasteiger partial charge is 0.253 e. The number of carbonyl (C=O) groups excluding carboxylic acids is 2. The molecular formula is C21H21FN2O3S.